The first-order valence-electron chi connectivity index (χ1n) is 4.99. The molecule has 0 bridgehead atoms. The van der Waals surface area contributed by atoms with Crippen LogP contribution in [0.5, 0.6) is 0 Å². The average molecular weight is 281 g/mol. The molecule has 0 spiro atoms. The van der Waals surface area contributed by atoms with Crippen LogP contribution in [0.25, 0.3) is 0 Å². The third-order valence-electron chi connectivity index (χ3n) is 2.88. The lowest BCUT2D eigenvalue weighted by atomic mass is 9.80. The van der Waals surface area contributed by atoms with Crippen molar-refractivity contribution in [1.82, 2.24) is 5.32 Å². The summed E-state index contributed by atoms with van der Waals surface area (Å²) < 4.78 is 0.614. The molecule has 1 N–H and O–H groups in total. The van der Waals surface area contributed by atoms with Gasteiger partial charge in [-0.1, -0.05) is 36.4 Å². The third-order valence-corrected chi connectivity index (χ3v) is 3.23. The van der Waals surface area contributed by atoms with Crippen molar-refractivity contribution in [2.45, 2.75) is 50.1 Å². The highest BCUT2D eigenvalue weighted by molar-refractivity contribution is 14.1. The molecule has 1 rings (SSSR count). The van der Waals surface area contributed by atoms with Gasteiger partial charge in [0.15, 0.2) is 0 Å². The van der Waals surface area contributed by atoms with Crippen LogP contribution in [0.15, 0.2) is 0 Å². The van der Waals surface area contributed by atoms with Crippen molar-refractivity contribution in [3.63, 3.8) is 0 Å². The number of alkyl halides is 1. The van der Waals surface area contributed by atoms with Crippen LogP contribution < -0.4 is 5.32 Å². The van der Waals surface area contributed by atoms with E-state index in [9.17, 15) is 0 Å². The highest BCUT2D eigenvalue weighted by atomic mass is 127. The molecule has 1 fully saturated rings. The van der Waals surface area contributed by atoms with Gasteiger partial charge in [0, 0.05) is 6.04 Å². The number of hydrogen-bond donors (Lipinski definition) is 1. The Balaban J connectivity index is 2.34. The lowest BCUT2D eigenvalue weighted by Gasteiger charge is -2.34. The molecule has 72 valence electrons. The van der Waals surface area contributed by atoms with Crippen molar-refractivity contribution in [3.8, 4) is 0 Å². The fraction of sp³-hybridized carbons (Fsp3) is 1.00. The first-order chi connectivity index (χ1) is 5.59. The lowest BCUT2D eigenvalue weighted by molar-refractivity contribution is 0.229. The van der Waals surface area contributed by atoms with Crippen LogP contribution in [-0.4, -0.2) is 10.1 Å². The summed E-state index contributed by atoms with van der Waals surface area (Å²) in [7, 11) is 0. The maximum Gasteiger partial charge on any atom is 0.0567 e. The number of nitrogens with one attached hydrogen (secondary N) is 1. The third kappa shape index (κ3) is 3.21. The minimum Gasteiger partial charge on any atom is -0.303 e. The van der Waals surface area contributed by atoms with Crippen molar-refractivity contribution in [1.29, 1.82) is 0 Å². The second-order valence-corrected chi connectivity index (χ2v) is 6.15. The molecule has 0 saturated heterocycles. The summed E-state index contributed by atoms with van der Waals surface area (Å²) >= 11 is 2.45. The molecule has 0 amide bonds. The largest absolute Gasteiger partial charge is 0.303 e. The van der Waals surface area contributed by atoms with Gasteiger partial charge in [0.1, 0.15) is 0 Å². The van der Waals surface area contributed by atoms with Gasteiger partial charge in [0.25, 0.3) is 0 Å². The van der Waals surface area contributed by atoms with E-state index in [1.54, 1.807) is 0 Å². The Morgan fingerprint density at radius 1 is 1.33 bits per heavy atom. The van der Waals surface area contributed by atoms with Crippen molar-refractivity contribution < 1.29 is 0 Å². The molecule has 0 aromatic rings. The smallest absolute Gasteiger partial charge is 0.0567 e. The molecule has 12 heavy (non-hydrogen) atoms. The zero-order valence-electron chi connectivity index (χ0n) is 8.31. The van der Waals surface area contributed by atoms with E-state index in [-0.39, 0.29) is 0 Å². The molecule has 0 aromatic heterocycles. The van der Waals surface area contributed by atoms with Crippen molar-refractivity contribution in [2.24, 2.45) is 11.8 Å². The van der Waals surface area contributed by atoms with E-state index in [0.29, 0.717) is 4.05 Å². The molecule has 0 radical (unpaired) electrons. The zero-order valence-corrected chi connectivity index (χ0v) is 10.5. The maximum absolute atomic E-state index is 3.64. The van der Waals surface area contributed by atoms with Crippen LogP contribution in [0, 0.1) is 11.8 Å². The monoisotopic (exact) mass is 281 g/mol. The van der Waals surface area contributed by atoms with Gasteiger partial charge >= 0.3 is 0 Å². The van der Waals surface area contributed by atoms with Crippen molar-refractivity contribution >= 4 is 22.6 Å². The summed E-state index contributed by atoms with van der Waals surface area (Å²) in [5.74, 6) is 1.81. The van der Waals surface area contributed by atoms with Gasteiger partial charge in [-0.25, -0.2) is 0 Å². The fourth-order valence-corrected chi connectivity index (χ4v) is 2.67. The molecule has 1 saturated carbocycles. The second kappa shape index (κ2) is 4.80. The van der Waals surface area contributed by atoms with E-state index in [1.807, 2.05) is 0 Å². The Morgan fingerprint density at radius 2 is 2.00 bits per heavy atom. The molecular weight excluding hydrogens is 261 g/mol. The molecule has 1 aliphatic carbocycles. The van der Waals surface area contributed by atoms with Gasteiger partial charge < -0.3 is 5.32 Å². The first kappa shape index (κ1) is 10.8. The Labute approximate surface area is 89.8 Å². The Morgan fingerprint density at radius 3 is 2.50 bits per heavy atom. The standard InChI is InChI=1S/C10H20IN/c1-7-4-5-10(8(2)6-7)12-9(3)11/h7-10,12H,4-6H2,1-3H3/t7-,8+,9?,10?/m1/s1. The van der Waals surface area contributed by atoms with Gasteiger partial charge in [-0.3, -0.25) is 0 Å². The van der Waals surface area contributed by atoms with Crippen LogP contribution >= 0.6 is 22.6 Å². The normalized spacial score (nSPS) is 39.5. The summed E-state index contributed by atoms with van der Waals surface area (Å²) in [5, 5.41) is 3.64. The van der Waals surface area contributed by atoms with Crippen molar-refractivity contribution in [3.05, 3.63) is 0 Å². The lowest BCUT2D eigenvalue weighted by Crippen LogP contribution is -2.41. The van der Waals surface area contributed by atoms with Crippen LogP contribution in [0.4, 0.5) is 0 Å². The second-order valence-electron chi connectivity index (χ2n) is 4.28. The van der Waals surface area contributed by atoms with Gasteiger partial charge in [-0.2, -0.15) is 0 Å². The van der Waals surface area contributed by atoms with E-state index in [4.69, 9.17) is 0 Å². The van der Waals surface area contributed by atoms with E-state index in [1.165, 1.54) is 19.3 Å². The highest BCUT2D eigenvalue weighted by Gasteiger charge is 2.25. The molecule has 0 aromatic carbocycles. The SMILES string of the molecule is CC(I)NC1CC[C@@H](C)C[C@@H]1C. The zero-order chi connectivity index (χ0) is 9.14. The van der Waals surface area contributed by atoms with Crippen LogP contribution in [0.3, 0.4) is 0 Å². The quantitative estimate of drug-likeness (QED) is 0.465. The molecule has 1 aliphatic rings. The molecule has 0 aliphatic heterocycles. The minimum absolute atomic E-state index is 0.614. The Hall–Kier alpha value is 0.690. The number of rotatable bonds is 2. The van der Waals surface area contributed by atoms with Gasteiger partial charge in [0.05, 0.1) is 4.05 Å². The van der Waals surface area contributed by atoms with Crippen LogP contribution in [0.2, 0.25) is 0 Å². The Bertz CT molecular complexity index is 136. The summed E-state index contributed by atoms with van der Waals surface area (Å²) in [6, 6.07) is 0.771. The Kier molecular flexibility index (Phi) is 4.30. The average Bonchev–Trinajstić information content (AvgIpc) is 1.94. The number of hydrogen-bond acceptors (Lipinski definition) is 1. The maximum atomic E-state index is 3.64. The molecule has 0 heterocycles. The van der Waals surface area contributed by atoms with Gasteiger partial charge in [-0.05, 0) is 38.0 Å². The molecule has 2 heteroatoms. The predicted octanol–water partition coefficient (Wildman–Crippen LogP) is 3.18. The topological polar surface area (TPSA) is 12.0 Å². The van der Waals surface area contributed by atoms with Gasteiger partial charge in [-0.15, -0.1) is 0 Å². The van der Waals surface area contributed by atoms with E-state index >= 15 is 0 Å². The molecule has 4 atom stereocenters. The highest BCUT2D eigenvalue weighted by Crippen LogP contribution is 2.29. The van der Waals surface area contributed by atoms with Crippen LogP contribution in [0.1, 0.15) is 40.0 Å². The summed E-state index contributed by atoms with van der Waals surface area (Å²) in [5.41, 5.74) is 0. The van der Waals surface area contributed by atoms with E-state index in [0.717, 1.165) is 17.9 Å². The van der Waals surface area contributed by atoms with Gasteiger partial charge in [0.2, 0.25) is 0 Å². The number of halogens is 1. The molecule has 1 nitrogen and oxygen atoms in total. The summed E-state index contributed by atoms with van der Waals surface area (Å²) in [6.07, 6.45) is 4.18. The molecular formula is C10H20IN. The predicted molar refractivity (Wildman–Crippen MR) is 62.6 cm³/mol. The minimum atomic E-state index is 0.614. The molecule has 2 unspecified atom stereocenters. The first-order valence-corrected chi connectivity index (χ1v) is 6.24. The van der Waals surface area contributed by atoms with Crippen LogP contribution in [-0.2, 0) is 0 Å². The summed E-state index contributed by atoms with van der Waals surface area (Å²) in [4.78, 5) is 0. The van der Waals surface area contributed by atoms with Crippen molar-refractivity contribution in [2.75, 3.05) is 0 Å². The van der Waals surface area contributed by atoms with E-state index in [2.05, 4.69) is 48.7 Å². The van der Waals surface area contributed by atoms with E-state index < -0.39 is 0 Å². The summed E-state index contributed by atoms with van der Waals surface area (Å²) in [6.45, 7) is 6.98. The fourth-order valence-electron chi connectivity index (χ4n) is 2.21.